The van der Waals surface area contributed by atoms with Gasteiger partial charge in [-0.1, -0.05) is 55.8 Å². The Morgan fingerprint density at radius 1 is 0.782 bits per heavy atom. The van der Waals surface area contributed by atoms with Gasteiger partial charge in [0, 0.05) is 31.9 Å². The maximum atomic E-state index is 14.1. The van der Waals surface area contributed by atoms with Crippen LogP contribution in [0.15, 0.2) is 53.2 Å². The zero-order valence-electron chi connectivity index (χ0n) is 44.1. The number of urea groups is 1. The van der Waals surface area contributed by atoms with Crippen LogP contribution >= 0.6 is 11.6 Å². The summed E-state index contributed by atoms with van der Waals surface area (Å²) in [6.45, 7) is 6.11. The van der Waals surface area contributed by atoms with Gasteiger partial charge in [0.05, 0.1) is 29.3 Å². The van der Waals surface area contributed by atoms with Crippen molar-refractivity contribution in [2.24, 2.45) is 39.6 Å². The molecule has 0 bridgehead atoms. The smallest absolute Gasteiger partial charge is 0.323 e. The summed E-state index contributed by atoms with van der Waals surface area (Å²) in [4.78, 5) is 128. The fourth-order valence-electron chi connectivity index (χ4n) is 7.83. The summed E-state index contributed by atoms with van der Waals surface area (Å²) < 4.78 is 0. The first kappa shape index (κ1) is 64.8. The molecule has 2 aromatic rings. The second kappa shape index (κ2) is 31.7. The van der Waals surface area contributed by atoms with Gasteiger partial charge >= 0.3 is 6.03 Å². The molecule has 430 valence electrons. The van der Waals surface area contributed by atoms with Gasteiger partial charge in [-0.05, 0) is 87.7 Å². The van der Waals surface area contributed by atoms with Crippen molar-refractivity contribution in [3.8, 4) is 0 Å². The first-order chi connectivity index (χ1) is 36.8. The largest absolute Gasteiger partial charge is 0.389 e. The minimum atomic E-state index is -2.05. The fraction of sp³-hybridized carbons (Fsp3) is 0.510. The highest BCUT2D eigenvalue weighted by Gasteiger charge is 2.38. The number of amides is 10. The predicted octanol–water partition coefficient (Wildman–Crippen LogP) is -4.35. The number of aliphatic hydroxyl groups is 3. The molecule has 0 aliphatic carbocycles. The first-order valence-corrected chi connectivity index (χ1v) is 25.4. The number of carbonyl (C=O) groups is 9. The summed E-state index contributed by atoms with van der Waals surface area (Å²) in [7, 11) is 0. The highest BCUT2D eigenvalue weighted by molar-refractivity contribution is 6.34. The molecule has 29 heteroatoms. The summed E-state index contributed by atoms with van der Waals surface area (Å²) in [5, 5.41) is 58.0. The molecule has 1 fully saturated rings. The Kier molecular flexibility index (Phi) is 26.3. The van der Waals surface area contributed by atoms with E-state index in [4.69, 9.17) is 40.3 Å². The van der Waals surface area contributed by atoms with Crippen molar-refractivity contribution in [3.05, 3.63) is 69.9 Å². The Labute approximate surface area is 456 Å². The number of nitrogens with zero attached hydrogens (tertiary/aromatic N) is 1. The SMILES string of the molecule is C/C=C1\NC(=O)C(NC(=O)Cc2ccc(NC(=O)Nc3c(C)cccc3C)c(Cl)c2)C(O)CNC(=O)C(C(O)CN)NC(=O)C(C(O)CN)NC(=O)[C@H](CCCN=C(N)N)NC(=O)[C@H](CC(C)C)NC(=O)[C@H](CCN)NC1=O. The maximum absolute atomic E-state index is 14.1. The highest BCUT2D eigenvalue weighted by atomic mass is 35.5. The lowest BCUT2D eigenvalue weighted by Crippen LogP contribution is -2.64. The summed E-state index contributed by atoms with van der Waals surface area (Å²) in [5.41, 5.74) is 30.4. The van der Waals surface area contributed by atoms with E-state index in [1.807, 2.05) is 32.0 Å². The number of β-amino-alcohol motifs (C(OH)–C–C–N with tert-alkyl or cyclic N) is 1. The molecule has 6 unspecified atom stereocenters. The molecule has 1 aliphatic rings. The lowest BCUT2D eigenvalue weighted by atomic mass is 10.0. The minimum Gasteiger partial charge on any atom is -0.389 e. The molecule has 1 aliphatic heterocycles. The number of aliphatic imine (C=N–C) groups is 1. The number of anilines is 2. The van der Waals surface area contributed by atoms with Crippen LogP contribution < -0.4 is 81.8 Å². The van der Waals surface area contributed by atoms with E-state index in [0.717, 1.165) is 17.2 Å². The number of nitrogens with two attached hydrogens (primary N) is 5. The van der Waals surface area contributed by atoms with Gasteiger partial charge in [0.25, 0.3) is 5.91 Å². The molecular formula is C49H75ClN16O12. The normalized spacial score (nSPS) is 22.8. The average molecular weight is 1120 g/mol. The van der Waals surface area contributed by atoms with Crippen molar-refractivity contribution in [2.75, 3.05) is 43.4 Å². The topological polar surface area (TPSA) is 477 Å². The molecular weight excluding hydrogens is 1040 g/mol. The van der Waals surface area contributed by atoms with Crippen LogP contribution in [0.3, 0.4) is 0 Å². The Balaban J connectivity index is 2.07. The number of benzene rings is 2. The van der Waals surface area contributed by atoms with Gasteiger partial charge in [-0.25, -0.2) is 4.79 Å². The number of hydrogen-bond donors (Lipinski definition) is 18. The third-order valence-corrected chi connectivity index (χ3v) is 12.3. The lowest BCUT2D eigenvalue weighted by Gasteiger charge is -2.30. The maximum Gasteiger partial charge on any atom is 0.323 e. The van der Waals surface area contributed by atoms with Gasteiger partial charge in [-0.15, -0.1) is 0 Å². The number of carbonyl (C=O) groups excluding carboxylic acids is 9. The van der Waals surface area contributed by atoms with Crippen LogP contribution in [0, 0.1) is 19.8 Å². The number of rotatable bonds is 17. The van der Waals surface area contributed by atoms with E-state index < -0.39 is 140 Å². The number of aryl methyl sites for hydroxylation is 2. The van der Waals surface area contributed by atoms with Gasteiger partial charge in [0.2, 0.25) is 41.4 Å². The fourth-order valence-corrected chi connectivity index (χ4v) is 8.08. The standard InChI is InChI=1S/C49H75ClN16O12/c1-6-28-41(71)60-31(14-15-51)42(72)61-32(17-23(2)3)44(74)59-30(11-8-16-56-48(54)55)43(73)64-39(34(68)21-53)47(77)65-38(33(67)20-52)45(75)57-22-35(69)40(46(76)58-28)63-36(70)19-26-12-13-29(27(50)18-26)62-49(78)66-37-24(4)9-7-10-25(37)5/h6-7,9-10,12-13,18,23,30-35,38-40,67-69H,8,11,14-17,19-22,51-53H2,1-5H3,(H,57,75)(H,58,76)(H,59,74)(H,60,71)(H,61,72)(H,63,70)(H,64,73)(H,65,77)(H4,54,55,56)(H2,62,66,78)/b28-6-/t30-,31-,32-,33?,34?,35?,38?,39?,40?/m0/s1. The summed E-state index contributed by atoms with van der Waals surface area (Å²) in [6.07, 6.45) is -5.41. The summed E-state index contributed by atoms with van der Waals surface area (Å²) in [5.74, 6) is -9.05. The Bertz CT molecular complexity index is 2510. The average Bonchev–Trinajstić information content (AvgIpc) is 3.38. The molecule has 1 saturated heterocycles. The lowest BCUT2D eigenvalue weighted by molar-refractivity contribution is -0.138. The van der Waals surface area contributed by atoms with Gasteiger partial charge < -0.3 is 97.2 Å². The van der Waals surface area contributed by atoms with Gasteiger partial charge in [0.1, 0.15) is 48.1 Å². The number of para-hydroxylation sites is 1. The second-order valence-electron chi connectivity index (χ2n) is 18.8. The van der Waals surface area contributed by atoms with Crippen LogP contribution in [0.2, 0.25) is 5.02 Å². The number of aliphatic hydroxyl groups excluding tert-OH is 3. The molecule has 28 nitrogen and oxygen atoms in total. The van der Waals surface area contributed by atoms with Crippen LogP contribution in [0.5, 0.6) is 0 Å². The molecule has 2 aromatic carbocycles. The number of allylic oxidation sites excluding steroid dienone is 1. The van der Waals surface area contributed by atoms with Crippen LogP contribution in [-0.2, 0) is 44.8 Å². The van der Waals surface area contributed by atoms with Crippen LogP contribution in [-0.4, -0.2) is 162 Å². The van der Waals surface area contributed by atoms with Crippen molar-refractivity contribution in [2.45, 2.75) is 121 Å². The highest BCUT2D eigenvalue weighted by Crippen LogP contribution is 2.25. The van der Waals surface area contributed by atoms with E-state index in [-0.39, 0.29) is 66.9 Å². The molecule has 10 amide bonds. The first-order valence-electron chi connectivity index (χ1n) is 25.0. The molecule has 9 atom stereocenters. The van der Waals surface area contributed by atoms with Crippen molar-refractivity contribution in [3.63, 3.8) is 0 Å². The number of nitrogens with one attached hydrogen (secondary N) is 10. The molecule has 3 rings (SSSR count). The summed E-state index contributed by atoms with van der Waals surface area (Å²) in [6, 6.07) is -1.09. The van der Waals surface area contributed by atoms with Gasteiger partial charge in [-0.3, -0.25) is 43.3 Å². The zero-order chi connectivity index (χ0) is 58.4. The Hall–Kier alpha value is -7.47. The monoisotopic (exact) mass is 1110 g/mol. The zero-order valence-corrected chi connectivity index (χ0v) is 44.9. The van der Waals surface area contributed by atoms with E-state index in [2.05, 4.69) is 58.2 Å². The molecule has 0 radical (unpaired) electrons. The van der Waals surface area contributed by atoms with Crippen molar-refractivity contribution < 1.29 is 58.5 Å². The predicted molar refractivity (Wildman–Crippen MR) is 289 cm³/mol. The van der Waals surface area contributed by atoms with Crippen LogP contribution in [0.1, 0.15) is 63.1 Å². The third kappa shape index (κ3) is 20.2. The molecule has 0 spiro atoms. The van der Waals surface area contributed by atoms with Gasteiger partial charge in [0.15, 0.2) is 5.96 Å². The number of guanidine groups is 1. The van der Waals surface area contributed by atoms with Crippen molar-refractivity contribution in [1.29, 1.82) is 0 Å². The number of halogens is 1. The second-order valence-corrected chi connectivity index (χ2v) is 19.2. The molecule has 78 heavy (non-hydrogen) atoms. The number of hydrogen-bond acceptors (Lipinski definition) is 16. The molecule has 23 N–H and O–H groups in total. The minimum absolute atomic E-state index is 0.0123. The van der Waals surface area contributed by atoms with Crippen molar-refractivity contribution in [1.82, 2.24) is 42.5 Å². The molecule has 0 saturated carbocycles. The Morgan fingerprint density at radius 3 is 1.94 bits per heavy atom. The van der Waals surface area contributed by atoms with E-state index in [0.29, 0.717) is 5.69 Å². The molecule has 1 heterocycles. The Morgan fingerprint density at radius 2 is 1.36 bits per heavy atom. The summed E-state index contributed by atoms with van der Waals surface area (Å²) >= 11 is 6.52. The van der Waals surface area contributed by atoms with Crippen molar-refractivity contribution >= 4 is 82.2 Å². The molecule has 0 aromatic heterocycles. The van der Waals surface area contributed by atoms with Crippen LogP contribution in [0.4, 0.5) is 16.2 Å². The quantitative estimate of drug-likeness (QED) is 0.0308. The van der Waals surface area contributed by atoms with E-state index in [1.165, 1.54) is 25.1 Å². The van der Waals surface area contributed by atoms with E-state index in [1.54, 1.807) is 13.8 Å². The van der Waals surface area contributed by atoms with Crippen LogP contribution in [0.25, 0.3) is 0 Å². The van der Waals surface area contributed by atoms with Gasteiger partial charge in [-0.2, -0.15) is 0 Å². The third-order valence-electron chi connectivity index (χ3n) is 12.0. The van der Waals surface area contributed by atoms with E-state index in [9.17, 15) is 58.5 Å². The van der Waals surface area contributed by atoms with E-state index >= 15 is 0 Å².